The standard InChI is InChI=1S/C20H21F2N3.C4H10O/c1-4-5-6-15(16-8-14(9-23)12(2)7-13(16)3)17-10-25-11-18(24)19(17)20(21)22;1-2-3-4-5/h6-8,10-11,20H,4-5,24H2,1-3H3;5H,2-4H2,1H3/b15-6+;. The minimum atomic E-state index is -2.70. The molecule has 0 atom stereocenters. The van der Waals surface area contributed by atoms with E-state index in [4.69, 9.17) is 10.8 Å². The Kier molecular flexibility index (Phi) is 10.7. The molecule has 0 fully saturated rings. The average Bonchev–Trinajstić information content (AvgIpc) is 2.70. The predicted molar refractivity (Wildman–Crippen MR) is 118 cm³/mol. The fourth-order valence-electron chi connectivity index (χ4n) is 3.02. The monoisotopic (exact) mass is 415 g/mol. The van der Waals surface area contributed by atoms with E-state index >= 15 is 0 Å². The van der Waals surface area contributed by atoms with Crippen LogP contribution in [-0.2, 0) is 0 Å². The molecule has 0 saturated heterocycles. The van der Waals surface area contributed by atoms with E-state index in [9.17, 15) is 14.0 Å². The molecule has 1 aromatic carbocycles. The van der Waals surface area contributed by atoms with Gasteiger partial charge in [0.15, 0.2) is 0 Å². The van der Waals surface area contributed by atoms with E-state index < -0.39 is 6.43 Å². The SMILES string of the molecule is CCC/C=C(\c1cc(C#N)c(C)cc1C)c1cncc(N)c1C(F)F.CCCCO. The average molecular weight is 416 g/mol. The maximum atomic E-state index is 13.6. The number of halogens is 2. The predicted octanol–water partition coefficient (Wildman–Crippen LogP) is 6.10. The summed E-state index contributed by atoms with van der Waals surface area (Å²) in [5.41, 5.74) is 9.54. The van der Waals surface area contributed by atoms with E-state index in [0.717, 1.165) is 42.4 Å². The lowest BCUT2D eigenvalue weighted by Crippen LogP contribution is -2.04. The second-order valence-corrected chi connectivity index (χ2v) is 7.07. The van der Waals surface area contributed by atoms with Crippen LogP contribution >= 0.6 is 0 Å². The summed E-state index contributed by atoms with van der Waals surface area (Å²) >= 11 is 0. The van der Waals surface area contributed by atoms with Gasteiger partial charge in [-0.2, -0.15) is 5.26 Å². The van der Waals surface area contributed by atoms with Gasteiger partial charge in [-0.1, -0.05) is 38.8 Å². The Labute approximate surface area is 178 Å². The molecule has 2 aromatic rings. The van der Waals surface area contributed by atoms with E-state index in [1.54, 1.807) is 6.07 Å². The third-order valence-corrected chi connectivity index (χ3v) is 4.66. The van der Waals surface area contributed by atoms with Gasteiger partial charge in [0.1, 0.15) is 0 Å². The Morgan fingerprint density at radius 3 is 2.37 bits per heavy atom. The molecule has 30 heavy (non-hydrogen) atoms. The summed E-state index contributed by atoms with van der Waals surface area (Å²) in [4.78, 5) is 4.01. The van der Waals surface area contributed by atoms with Gasteiger partial charge in [-0.3, -0.25) is 4.98 Å². The number of pyridine rings is 1. The van der Waals surface area contributed by atoms with Crippen molar-refractivity contribution in [2.75, 3.05) is 12.3 Å². The number of unbranched alkanes of at least 4 members (excludes halogenated alkanes) is 2. The number of aromatic nitrogens is 1. The molecule has 0 radical (unpaired) electrons. The summed E-state index contributed by atoms with van der Waals surface area (Å²) in [6, 6.07) is 5.81. The second-order valence-electron chi connectivity index (χ2n) is 7.07. The Morgan fingerprint density at radius 2 is 1.87 bits per heavy atom. The van der Waals surface area contributed by atoms with E-state index in [-0.39, 0.29) is 11.3 Å². The lowest BCUT2D eigenvalue weighted by atomic mass is 9.89. The number of nitrogens with two attached hydrogens (primary N) is 1. The van der Waals surface area contributed by atoms with Crippen LogP contribution in [0.5, 0.6) is 0 Å². The number of benzene rings is 1. The van der Waals surface area contributed by atoms with Crippen molar-refractivity contribution in [1.82, 2.24) is 4.98 Å². The molecule has 2 rings (SSSR count). The highest BCUT2D eigenvalue weighted by molar-refractivity contribution is 5.85. The molecule has 0 saturated carbocycles. The van der Waals surface area contributed by atoms with Gasteiger partial charge >= 0.3 is 0 Å². The topological polar surface area (TPSA) is 82.9 Å². The number of nitrogen functional groups attached to an aromatic ring is 1. The summed E-state index contributed by atoms with van der Waals surface area (Å²) < 4.78 is 27.2. The Bertz CT molecular complexity index is 900. The molecule has 1 aromatic heterocycles. The van der Waals surface area contributed by atoms with Gasteiger partial charge in [-0.15, -0.1) is 0 Å². The number of hydrogen-bond donors (Lipinski definition) is 2. The van der Waals surface area contributed by atoms with Crippen molar-refractivity contribution in [3.8, 4) is 6.07 Å². The van der Waals surface area contributed by atoms with Crippen LogP contribution in [0.3, 0.4) is 0 Å². The maximum Gasteiger partial charge on any atom is 0.266 e. The first kappa shape index (κ1) is 25.3. The van der Waals surface area contributed by atoms with Gasteiger partial charge in [-0.05, 0) is 55.0 Å². The number of nitrogens with zero attached hydrogens (tertiary/aromatic N) is 2. The van der Waals surface area contributed by atoms with Crippen LogP contribution in [0.15, 0.2) is 30.6 Å². The molecule has 4 nitrogen and oxygen atoms in total. The molecule has 0 amide bonds. The Hall–Kier alpha value is -2.78. The molecular formula is C24H31F2N3O. The van der Waals surface area contributed by atoms with Crippen molar-refractivity contribution in [2.45, 2.75) is 59.8 Å². The van der Waals surface area contributed by atoms with E-state index in [1.807, 2.05) is 32.9 Å². The van der Waals surface area contributed by atoms with Crippen LogP contribution in [0.4, 0.5) is 14.5 Å². The highest BCUT2D eigenvalue weighted by Crippen LogP contribution is 2.36. The van der Waals surface area contributed by atoms with Crippen molar-refractivity contribution in [3.05, 3.63) is 64.0 Å². The number of alkyl halides is 2. The van der Waals surface area contributed by atoms with Crippen LogP contribution in [-0.4, -0.2) is 16.7 Å². The van der Waals surface area contributed by atoms with E-state index in [0.29, 0.717) is 23.3 Å². The van der Waals surface area contributed by atoms with Gasteiger partial charge in [0, 0.05) is 18.4 Å². The first-order chi connectivity index (χ1) is 14.3. The summed E-state index contributed by atoms with van der Waals surface area (Å²) in [7, 11) is 0. The van der Waals surface area contributed by atoms with Gasteiger partial charge in [-0.25, -0.2) is 8.78 Å². The number of anilines is 1. The summed E-state index contributed by atoms with van der Waals surface area (Å²) in [6.07, 6.45) is 5.51. The van der Waals surface area contributed by atoms with Crippen LogP contribution in [0.1, 0.15) is 79.3 Å². The fourth-order valence-corrected chi connectivity index (χ4v) is 3.02. The maximum absolute atomic E-state index is 13.6. The minimum absolute atomic E-state index is 0.0276. The third-order valence-electron chi connectivity index (χ3n) is 4.66. The molecule has 3 N–H and O–H groups in total. The van der Waals surface area contributed by atoms with Crippen LogP contribution in [0, 0.1) is 25.2 Å². The normalized spacial score (nSPS) is 11.1. The van der Waals surface area contributed by atoms with Crippen molar-refractivity contribution < 1.29 is 13.9 Å². The van der Waals surface area contributed by atoms with Crippen LogP contribution < -0.4 is 5.73 Å². The quantitative estimate of drug-likeness (QED) is 0.572. The lowest BCUT2D eigenvalue weighted by molar-refractivity contribution is 0.152. The first-order valence-corrected chi connectivity index (χ1v) is 10.2. The van der Waals surface area contributed by atoms with Crippen LogP contribution in [0.2, 0.25) is 0 Å². The zero-order valence-electron chi connectivity index (χ0n) is 18.2. The Morgan fingerprint density at radius 1 is 1.17 bits per heavy atom. The highest BCUT2D eigenvalue weighted by atomic mass is 19.3. The fraction of sp³-hybridized carbons (Fsp3) is 0.417. The number of rotatable bonds is 7. The number of aliphatic hydroxyl groups excluding tert-OH is 1. The summed E-state index contributed by atoms with van der Waals surface area (Å²) in [6.45, 7) is 8.18. The first-order valence-electron chi connectivity index (χ1n) is 10.2. The molecular weight excluding hydrogens is 384 g/mol. The molecule has 0 unspecified atom stereocenters. The van der Waals surface area contributed by atoms with E-state index in [2.05, 4.69) is 18.0 Å². The second kappa shape index (κ2) is 12.7. The smallest absolute Gasteiger partial charge is 0.266 e. The number of nitriles is 1. The van der Waals surface area contributed by atoms with Gasteiger partial charge < -0.3 is 10.8 Å². The van der Waals surface area contributed by atoms with Gasteiger partial charge in [0.05, 0.1) is 29.1 Å². The van der Waals surface area contributed by atoms with Gasteiger partial charge in [0.25, 0.3) is 6.43 Å². The molecule has 162 valence electrons. The molecule has 0 aliphatic carbocycles. The number of aryl methyl sites for hydroxylation is 2. The number of hydrogen-bond acceptors (Lipinski definition) is 4. The van der Waals surface area contributed by atoms with Gasteiger partial charge in [0.2, 0.25) is 0 Å². The zero-order chi connectivity index (χ0) is 22.7. The summed E-state index contributed by atoms with van der Waals surface area (Å²) in [5.74, 6) is 0. The molecule has 1 heterocycles. The minimum Gasteiger partial charge on any atom is -0.397 e. The van der Waals surface area contributed by atoms with Crippen molar-refractivity contribution in [3.63, 3.8) is 0 Å². The highest BCUT2D eigenvalue weighted by Gasteiger charge is 2.21. The number of aliphatic hydroxyl groups is 1. The third kappa shape index (κ3) is 6.64. The number of allylic oxidation sites excluding steroid dienone is 1. The molecule has 0 aliphatic heterocycles. The molecule has 0 aliphatic rings. The van der Waals surface area contributed by atoms with Crippen LogP contribution in [0.25, 0.3) is 5.57 Å². The van der Waals surface area contributed by atoms with Crippen molar-refractivity contribution in [1.29, 1.82) is 5.26 Å². The molecule has 0 bridgehead atoms. The lowest BCUT2D eigenvalue weighted by Gasteiger charge is -2.17. The Balaban J connectivity index is 0.000000804. The molecule has 6 heteroatoms. The largest absolute Gasteiger partial charge is 0.397 e. The van der Waals surface area contributed by atoms with Crippen molar-refractivity contribution >= 4 is 11.3 Å². The van der Waals surface area contributed by atoms with E-state index in [1.165, 1.54) is 12.4 Å². The van der Waals surface area contributed by atoms with Crippen molar-refractivity contribution in [2.24, 2.45) is 0 Å². The molecule has 0 spiro atoms. The zero-order valence-corrected chi connectivity index (χ0v) is 18.2. The summed E-state index contributed by atoms with van der Waals surface area (Å²) in [5, 5.41) is 17.4.